The van der Waals surface area contributed by atoms with Crippen LogP contribution in [0.5, 0.6) is 5.75 Å². The topological polar surface area (TPSA) is 99.8 Å². The van der Waals surface area contributed by atoms with Crippen LogP contribution in [0, 0.1) is 6.92 Å². The van der Waals surface area contributed by atoms with E-state index in [1.807, 2.05) is 49.4 Å². The molecule has 41 heavy (non-hydrogen) atoms. The third-order valence-electron chi connectivity index (χ3n) is 6.77. The molecule has 0 aliphatic carbocycles. The highest BCUT2D eigenvalue weighted by molar-refractivity contribution is 6.18. The lowest BCUT2D eigenvalue weighted by atomic mass is 9.98. The summed E-state index contributed by atoms with van der Waals surface area (Å²) in [5, 5.41) is 6.02. The SMILES string of the molecule is CCC(=O)Oc1ccc(C(=NOC(C)=O)c2ccc3c(c2)c2cc(C(=O)c4cncc(C)c4)ccc2n3CC)cc1. The molecular weight excluding hydrogens is 518 g/mol. The molecule has 3 aromatic carbocycles. The molecule has 0 radical (unpaired) electrons. The molecule has 0 saturated carbocycles. The number of aromatic nitrogens is 2. The van der Waals surface area contributed by atoms with E-state index in [-0.39, 0.29) is 18.2 Å². The number of carbonyl (C=O) groups is 3. The number of fused-ring (bicyclic) bond motifs is 3. The van der Waals surface area contributed by atoms with Crippen molar-refractivity contribution in [2.45, 2.75) is 40.7 Å². The van der Waals surface area contributed by atoms with Crippen LogP contribution in [0.3, 0.4) is 0 Å². The summed E-state index contributed by atoms with van der Waals surface area (Å²) in [7, 11) is 0. The first-order valence-electron chi connectivity index (χ1n) is 13.4. The molecule has 5 rings (SSSR count). The van der Waals surface area contributed by atoms with Gasteiger partial charge in [-0.1, -0.05) is 18.1 Å². The van der Waals surface area contributed by atoms with Crippen LogP contribution in [0.4, 0.5) is 0 Å². The molecule has 0 aliphatic heterocycles. The van der Waals surface area contributed by atoms with Crippen molar-refractivity contribution in [2.75, 3.05) is 0 Å². The second-order valence-corrected chi connectivity index (χ2v) is 9.66. The fourth-order valence-electron chi connectivity index (χ4n) is 4.85. The van der Waals surface area contributed by atoms with Crippen molar-refractivity contribution in [2.24, 2.45) is 5.16 Å². The monoisotopic (exact) mass is 547 g/mol. The van der Waals surface area contributed by atoms with E-state index in [1.54, 1.807) is 43.6 Å². The van der Waals surface area contributed by atoms with Gasteiger partial charge in [-0.25, -0.2) is 4.79 Å². The summed E-state index contributed by atoms with van der Waals surface area (Å²) in [6.45, 7) is 7.73. The number of aryl methyl sites for hydroxylation is 2. The standard InChI is InChI=1S/C33H29N3O5/c1-5-31(38)40-26-11-7-22(8-12-26)32(35-41-21(4)37)23-9-13-29-27(16-23)28-17-24(10-14-30(28)36(29)6-2)33(39)25-15-20(3)18-34-19-25/h7-19H,5-6H2,1-4H3. The lowest BCUT2D eigenvalue weighted by Gasteiger charge is -2.09. The first-order chi connectivity index (χ1) is 19.8. The van der Waals surface area contributed by atoms with E-state index >= 15 is 0 Å². The summed E-state index contributed by atoms with van der Waals surface area (Å²) in [5.41, 5.74) is 5.84. The molecule has 0 N–H and O–H groups in total. The van der Waals surface area contributed by atoms with Crippen LogP contribution >= 0.6 is 0 Å². The van der Waals surface area contributed by atoms with Gasteiger partial charge in [0.25, 0.3) is 0 Å². The van der Waals surface area contributed by atoms with Gasteiger partial charge in [0.05, 0.1) is 0 Å². The third kappa shape index (κ3) is 5.63. The molecule has 206 valence electrons. The second kappa shape index (κ2) is 11.6. The predicted molar refractivity (Wildman–Crippen MR) is 157 cm³/mol. The van der Waals surface area contributed by atoms with Gasteiger partial charge < -0.3 is 14.1 Å². The minimum Gasteiger partial charge on any atom is -0.427 e. The van der Waals surface area contributed by atoms with Crippen LogP contribution in [0.15, 0.2) is 84.3 Å². The summed E-state index contributed by atoms with van der Waals surface area (Å²) in [4.78, 5) is 45.9. The number of ether oxygens (including phenoxy) is 1. The number of rotatable bonds is 8. The fourth-order valence-corrected chi connectivity index (χ4v) is 4.85. The molecule has 0 amide bonds. The van der Waals surface area contributed by atoms with E-state index in [4.69, 9.17) is 9.57 Å². The summed E-state index contributed by atoms with van der Waals surface area (Å²) in [5.74, 6) is -0.568. The minimum atomic E-state index is -0.548. The van der Waals surface area contributed by atoms with Crippen molar-refractivity contribution >= 4 is 45.2 Å². The highest BCUT2D eigenvalue weighted by Gasteiger charge is 2.17. The molecular formula is C33H29N3O5. The second-order valence-electron chi connectivity index (χ2n) is 9.66. The van der Waals surface area contributed by atoms with Crippen LogP contribution in [0.2, 0.25) is 0 Å². The van der Waals surface area contributed by atoms with Crippen LogP contribution in [-0.4, -0.2) is 33.0 Å². The largest absolute Gasteiger partial charge is 0.427 e. The van der Waals surface area contributed by atoms with E-state index in [9.17, 15) is 14.4 Å². The number of ketones is 1. The Morgan fingerprint density at radius 3 is 2.05 bits per heavy atom. The Labute approximate surface area is 237 Å². The molecule has 0 spiro atoms. The molecule has 5 aromatic rings. The number of nitrogens with zero attached hydrogens (tertiary/aromatic N) is 3. The van der Waals surface area contributed by atoms with Gasteiger partial charge in [0.1, 0.15) is 11.5 Å². The molecule has 0 aliphatic rings. The summed E-state index contributed by atoms with van der Waals surface area (Å²) >= 11 is 0. The Kier molecular flexibility index (Phi) is 7.74. The molecule has 8 heteroatoms. The highest BCUT2D eigenvalue weighted by Crippen LogP contribution is 2.32. The van der Waals surface area contributed by atoms with Crippen molar-refractivity contribution in [1.29, 1.82) is 0 Å². The number of oxime groups is 1. The number of benzene rings is 3. The molecule has 0 fully saturated rings. The molecule has 2 aromatic heterocycles. The number of pyridine rings is 1. The maximum absolute atomic E-state index is 13.3. The maximum Gasteiger partial charge on any atom is 0.332 e. The molecule has 0 bridgehead atoms. The molecule has 2 heterocycles. The van der Waals surface area contributed by atoms with E-state index in [0.29, 0.717) is 33.7 Å². The molecule has 0 saturated heterocycles. The average Bonchev–Trinajstić information content (AvgIpc) is 3.29. The quantitative estimate of drug-likeness (QED) is 0.0558. The smallest absolute Gasteiger partial charge is 0.332 e. The van der Waals surface area contributed by atoms with Crippen molar-refractivity contribution in [3.8, 4) is 5.75 Å². The molecule has 0 atom stereocenters. The lowest BCUT2D eigenvalue weighted by molar-refractivity contribution is -0.141. The highest BCUT2D eigenvalue weighted by atomic mass is 16.7. The third-order valence-corrected chi connectivity index (χ3v) is 6.77. The lowest BCUT2D eigenvalue weighted by Crippen LogP contribution is -2.08. The first kappa shape index (κ1) is 27.5. The maximum atomic E-state index is 13.3. The van der Waals surface area contributed by atoms with Gasteiger partial charge >= 0.3 is 11.9 Å². The van der Waals surface area contributed by atoms with Crippen LogP contribution < -0.4 is 4.74 Å². The number of hydrogen-bond acceptors (Lipinski definition) is 7. The summed E-state index contributed by atoms with van der Waals surface area (Å²) in [6.07, 6.45) is 3.57. The van der Waals surface area contributed by atoms with Crippen LogP contribution in [0.1, 0.15) is 59.8 Å². The van der Waals surface area contributed by atoms with E-state index in [2.05, 4.69) is 21.6 Å². The zero-order chi connectivity index (χ0) is 29.1. The zero-order valence-electron chi connectivity index (χ0n) is 23.3. The Bertz CT molecular complexity index is 1830. The minimum absolute atomic E-state index is 0.0994. The normalized spacial score (nSPS) is 11.6. The van der Waals surface area contributed by atoms with Gasteiger partial charge in [0, 0.05) is 76.3 Å². The van der Waals surface area contributed by atoms with Crippen molar-refractivity contribution < 1.29 is 24.0 Å². The van der Waals surface area contributed by atoms with Gasteiger partial charge in [-0.2, -0.15) is 0 Å². The van der Waals surface area contributed by atoms with Crippen molar-refractivity contribution in [3.05, 3.63) is 107 Å². The predicted octanol–water partition coefficient (Wildman–Crippen LogP) is 6.38. The Morgan fingerprint density at radius 2 is 1.44 bits per heavy atom. The summed E-state index contributed by atoms with van der Waals surface area (Å²) in [6, 6.07) is 20.3. The van der Waals surface area contributed by atoms with Crippen LogP contribution in [-0.2, 0) is 21.0 Å². The van der Waals surface area contributed by atoms with Gasteiger partial charge in [-0.3, -0.25) is 14.6 Å². The van der Waals surface area contributed by atoms with E-state index in [1.165, 1.54) is 6.92 Å². The molecule has 0 unspecified atom stereocenters. The van der Waals surface area contributed by atoms with Crippen molar-refractivity contribution in [3.63, 3.8) is 0 Å². The average molecular weight is 548 g/mol. The van der Waals surface area contributed by atoms with E-state index in [0.717, 1.165) is 33.9 Å². The van der Waals surface area contributed by atoms with Crippen LogP contribution in [0.25, 0.3) is 21.8 Å². The number of carbonyl (C=O) groups excluding carboxylic acids is 3. The van der Waals surface area contributed by atoms with Gasteiger partial charge in [-0.15, -0.1) is 0 Å². The fraction of sp³-hybridized carbons (Fsp3) is 0.182. The Hall–Kier alpha value is -5.11. The van der Waals surface area contributed by atoms with Gasteiger partial charge in [0.15, 0.2) is 5.78 Å². The first-order valence-corrected chi connectivity index (χ1v) is 13.4. The number of esters is 1. The van der Waals surface area contributed by atoms with Gasteiger partial charge in [0.2, 0.25) is 0 Å². The zero-order valence-corrected chi connectivity index (χ0v) is 23.3. The van der Waals surface area contributed by atoms with E-state index < -0.39 is 5.97 Å². The molecule has 8 nitrogen and oxygen atoms in total. The van der Waals surface area contributed by atoms with Gasteiger partial charge in [-0.05, 0) is 80.1 Å². The Balaban J connectivity index is 1.63. The number of hydrogen-bond donors (Lipinski definition) is 0. The Morgan fingerprint density at radius 1 is 0.805 bits per heavy atom. The summed E-state index contributed by atoms with van der Waals surface area (Å²) < 4.78 is 7.48. The van der Waals surface area contributed by atoms with Crippen molar-refractivity contribution in [1.82, 2.24) is 9.55 Å².